The second-order valence-corrected chi connectivity index (χ2v) is 9.93. The molecule has 0 aliphatic rings. The van der Waals surface area contributed by atoms with Crippen molar-refractivity contribution in [2.45, 2.75) is 50.8 Å². The maximum atomic E-state index is 13.6. The minimum absolute atomic E-state index is 0.165. The molecular formula is C21H27O6P. The van der Waals surface area contributed by atoms with Crippen LogP contribution in [0.4, 0.5) is 0 Å². The van der Waals surface area contributed by atoms with Crippen LogP contribution >= 0.6 is 7.37 Å². The third-order valence-electron chi connectivity index (χ3n) is 5.34. The van der Waals surface area contributed by atoms with Crippen LogP contribution in [0.15, 0.2) is 42.5 Å². The summed E-state index contributed by atoms with van der Waals surface area (Å²) in [5.41, 5.74) is -1.06. The van der Waals surface area contributed by atoms with E-state index in [1.54, 1.807) is 13.0 Å². The number of carboxylic acids is 2. The van der Waals surface area contributed by atoms with Crippen LogP contribution < -0.4 is 0 Å². The van der Waals surface area contributed by atoms with Gasteiger partial charge in [-0.2, -0.15) is 0 Å². The summed E-state index contributed by atoms with van der Waals surface area (Å²) in [5, 5.41) is 20.4. The number of carbonyl (C=O) groups is 2. The number of rotatable bonds is 10. The van der Waals surface area contributed by atoms with Crippen molar-refractivity contribution in [3.8, 4) is 0 Å². The van der Waals surface area contributed by atoms with E-state index in [2.05, 4.69) is 0 Å². The van der Waals surface area contributed by atoms with Gasteiger partial charge >= 0.3 is 11.9 Å². The SMILES string of the molecule is CCCC(C(CCC(=O)O)C(=O)O)P(=O)(O)C(C)c1cccc2ccccc12. The summed E-state index contributed by atoms with van der Waals surface area (Å²) in [4.78, 5) is 33.9. The Morgan fingerprint density at radius 1 is 1.04 bits per heavy atom. The fraction of sp³-hybridized carbons (Fsp3) is 0.429. The molecule has 152 valence electrons. The normalized spacial score (nSPS) is 16.8. The van der Waals surface area contributed by atoms with Gasteiger partial charge in [0.1, 0.15) is 0 Å². The number of hydrogen-bond donors (Lipinski definition) is 3. The standard InChI is InChI=1S/C21H27O6P/c1-3-7-19(18(21(24)25)12-13-20(22)23)28(26,27)14(2)16-11-6-9-15-8-4-5-10-17(15)16/h4-6,8-11,14,18-19H,3,7,12-13H2,1-2H3,(H,22,23)(H,24,25)(H,26,27). The van der Waals surface area contributed by atoms with Crippen molar-refractivity contribution < 1.29 is 29.3 Å². The Balaban J connectivity index is 2.47. The first-order chi connectivity index (χ1) is 13.2. The molecule has 0 radical (unpaired) electrons. The largest absolute Gasteiger partial charge is 0.481 e. The van der Waals surface area contributed by atoms with Crippen LogP contribution in [0.5, 0.6) is 0 Å². The quantitative estimate of drug-likeness (QED) is 0.484. The zero-order valence-electron chi connectivity index (χ0n) is 16.1. The van der Waals surface area contributed by atoms with Crippen LogP contribution in [0.25, 0.3) is 10.8 Å². The van der Waals surface area contributed by atoms with Gasteiger partial charge in [-0.3, -0.25) is 14.2 Å². The minimum Gasteiger partial charge on any atom is -0.481 e. The van der Waals surface area contributed by atoms with Gasteiger partial charge in [0, 0.05) is 12.1 Å². The van der Waals surface area contributed by atoms with Gasteiger partial charge in [-0.25, -0.2) is 0 Å². The third-order valence-corrected chi connectivity index (χ3v) is 8.30. The lowest BCUT2D eigenvalue weighted by Gasteiger charge is -2.32. The molecule has 2 aromatic carbocycles. The third kappa shape index (κ3) is 4.81. The second kappa shape index (κ2) is 9.35. The minimum atomic E-state index is -3.98. The molecule has 0 aromatic heterocycles. The highest BCUT2D eigenvalue weighted by Gasteiger charge is 2.44. The van der Waals surface area contributed by atoms with Crippen LogP contribution in [0, 0.1) is 5.92 Å². The zero-order valence-corrected chi connectivity index (χ0v) is 17.0. The van der Waals surface area contributed by atoms with E-state index >= 15 is 0 Å². The van der Waals surface area contributed by atoms with Crippen LogP contribution in [0.2, 0.25) is 0 Å². The molecule has 4 atom stereocenters. The molecule has 3 N–H and O–H groups in total. The first-order valence-corrected chi connectivity index (χ1v) is 11.2. The monoisotopic (exact) mass is 406 g/mol. The number of carboxylic acid groups (broad SMARTS) is 2. The number of aliphatic carboxylic acids is 2. The van der Waals surface area contributed by atoms with Gasteiger partial charge in [-0.15, -0.1) is 0 Å². The Kier molecular flexibility index (Phi) is 7.39. The summed E-state index contributed by atoms with van der Waals surface area (Å²) in [6.07, 6.45) is 0.274. The smallest absolute Gasteiger partial charge is 0.307 e. The summed E-state index contributed by atoms with van der Waals surface area (Å²) in [5.74, 6) is -3.51. The molecule has 2 aromatic rings. The van der Waals surface area contributed by atoms with Crippen LogP contribution in [0.3, 0.4) is 0 Å². The molecule has 0 aliphatic heterocycles. The van der Waals surface area contributed by atoms with E-state index in [0.29, 0.717) is 12.0 Å². The summed E-state index contributed by atoms with van der Waals surface area (Å²) in [6, 6.07) is 13.1. The molecule has 0 amide bonds. The van der Waals surface area contributed by atoms with Crippen molar-refractivity contribution in [3.63, 3.8) is 0 Å². The predicted molar refractivity (Wildman–Crippen MR) is 109 cm³/mol. The Morgan fingerprint density at radius 2 is 1.68 bits per heavy atom. The Labute approximate surface area is 164 Å². The predicted octanol–water partition coefficient (Wildman–Crippen LogP) is 4.91. The first kappa shape index (κ1) is 22.1. The molecule has 6 nitrogen and oxygen atoms in total. The van der Waals surface area contributed by atoms with Crippen molar-refractivity contribution in [1.82, 2.24) is 0 Å². The molecule has 4 unspecified atom stereocenters. The zero-order chi connectivity index (χ0) is 20.9. The van der Waals surface area contributed by atoms with Gasteiger partial charge in [0.05, 0.1) is 11.6 Å². The maximum Gasteiger partial charge on any atom is 0.307 e. The lowest BCUT2D eigenvalue weighted by molar-refractivity contribution is -0.143. The van der Waals surface area contributed by atoms with E-state index in [1.807, 2.05) is 43.3 Å². The van der Waals surface area contributed by atoms with Crippen LogP contribution in [-0.2, 0) is 14.2 Å². The van der Waals surface area contributed by atoms with Gasteiger partial charge in [0.2, 0.25) is 7.37 Å². The van der Waals surface area contributed by atoms with Crippen LogP contribution in [-0.4, -0.2) is 32.7 Å². The highest BCUT2D eigenvalue weighted by molar-refractivity contribution is 7.59. The Morgan fingerprint density at radius 3 is 2.29 bits per heavy atom. The van der Waals surface area contributed by atoms with E-state index < -0.39 is 36.5 Å². The summed E-state index contributed by atoms with van der Waals surface area (Å²) in [6.45, 7) is 3.48. The van der Waals surface area contributed by atoms with E-state index in [1.165, 1.54) is 0 Å². The van der Waals surface area contributed by atoms with Gasteiger partial charge < -0.3 is 15.1 Å². The molecule has 28 heavy (non-hydrogen) atoms. The van der Waals surface area contributed by atoms with E-state index in [9.17, 15) is 24.2 Å². The van der Waals surface area contributed by atoms with Crippen molar-refractivity contribution in [2.75, 3.05) is 0 Å². The highest BCUT2D eigenvalue weighted by atomic mass is 31.2. The Bertz CT molecular complexity index is 888. The molecule has 2 rings (SSSR count). The number of benzene rings is 2. The summed E-state index contributed by atoms with van der Waals surface area (Å²) < 4.78 is 13.6. The van der Waals surface area contributed by atoms with Crippen LogP contribution in [0.1, 0.15) is 50.8 Å². The molecule has 0 spiro atoms. The average Bonchev–Trinajstić information content (AvgIpc) is 2.65. The average molecular weight is 406 g/mol. The molecular weight excluding hydrogens is 379 g/mol. The number of fused-ring (bicyclic) bond motifs is 1. The van der Waals surface area contributed by atoms with Crippen molar-refractivity contribution >= 4 is 30.1 Å². The fourth-order valence-electron chi connectivity index (χ4n) is 3.80. The lowest BCUT2D eigenvalue weighted by atomic mass is 9.96. The molecule has 0 saturated carbocycles. The topological polar surface area (TPSA) is 112 Å². The van der Waals surface area contributed by atoms with E-state index in [4.69, 9.17) is 5.11 Å². The molecule has 0 bridgehead atoms. The fourth-order valence-corrected chi connectivity index (χ4v) is 6.42. The molecule has 0 fully saturated rings. The highest BCUT2D eigenvalue weighted by Crippen LogP contribution is 2.63. The molecule has 0 saturated heterocycles. The van der Waals surface area contributed by atoms with Crippen molar-refractivity contribution in [1.29, 1.82) is 0 Å². The summed E-state index contributed by atoms with van der Waals surface area (Å²) >= 11 is 0. The van der Waals surface area contributed by atoms with Crippen molar-refractivity contribution in [3.05, 3.63) is 48.0 Å². The molecule has 0 aliphatic carbocycles. The molecule has 0 heterocycles. The molecule has 7 heteroatoms. The second-order valence-electron chi connectivity index (χ2n) is 7.15. The maximum absolute atomic E-state index is 13.6. The first-order valence-electron chi connectivity index (χ1n) is 9.44. The van der Waals surface area contributed by atoms with E-state index in [-0.39, 0.29) is 19.3 Å². The van der Waals surface area contributed by atoms with Crippen molar-refractivity contribution in [2.24, 2.45) is 5.92 Å². The van der Waals surface area contributed by atoms with Gasteiger partial charge in [-0.05, 0) is 36.1 Å². The van der Waals surface area contributed by atoms with E-state index in [0.717, 1.165) is 10.8 Å². The van der Waals surface area contributed by atoms with Gasteiger partial charge in [0.15, 0.2) is 0 Å². The lowest BCUT2D eigenvalue weighted by Crippen LogP contribution is -2.30. The summed E-state index contributed by atoms with van der Waals surface area (Å²) in [7, 11) is -3.98. The number of hydrogen-bond acceptors (Lipinski definition) is 3. The Hall–Kier alpha value is -2.17. The van der Waals surface area contributed by atoms with Gasteiger partial charge in [0.25, 0.3) is 0 Å². The van der Waals surface area contributed by atoms with Gasteiger partial charge in [-0.1, -0.05) is 55.8 Å².